The fraction of sp³-hybridized carbons (Fsp3) is 0.800. The van der Waals surface area contributed by atoms with Crippen molar-refractivity contribution in [1.82, 2.24) is 0 Å². The summed E-state index contributed by atoms with van der Waals surface area (Å²) in [4.78, 5) is 0. The monoisotopic (exact) mass is 162 g/mol. The first-order chi connectivity index (χ1) is 4.99. The van der Waals surface area contributed by atoms with Gasteiger partial charge in [-0.2, -0.15) is 0 Å². The zero-order valence-electron chi connectivity index (χ0n) is 9.05. The molecule has 0 radical (unpaired) electrons. The predicted molar refractivity (Wildman–Crippen MR) is 48.4 cm³/mol. The first-order valence-corrected chi connectivity index (χ1v) is 4.22. The van der Waals surface area contributed by atoms with Crippen LogP contribution in [-0.4, -0.2) is 11.7 Å². The van der Waals surface area contributed by atoms with Gasteiger partial charge in [0.25, 0.3) is 0 Å². The standard InChI is InChI=1S/C10H19O.Li/c1-6-8-9(7-2)11-10(3,4)5;/h2,7,9H,6,8H2,1,3-5H3;/q-1;+1. The molecule has 0 aliphatic rings. The van der Waals surface area contributed by atoms with E-state index in [1.165, 1.54) is 0 Å². The van der Waals surface area contributed by atoms with Crippen LogP contribution in [0.1, 0.15) is 40.5 Å². The molecule has 0 aromatic heterocycles. The molecule has 0 aromatic rings. The summed E-state index contributed by atoms with van der Waals surface area (Å²) in [6.45, 7) is 13.7. The van der Waals surface area contributed by atoms with Gasteiger partial charge in [0.15, 0.2) is 0 Å². The summed E-state index contributed by atoms with van der Waals surface area (Å²) in [5.74, 6) is 0. The molecule has 0 aliphatic heterocycles. The average molecular weight is 162 g/mol. The molecular formula is C10H19LiO. The van der Waals surface area contributed by atoms with E-state index in [0.29, 0.717) is 0 Å². The summed E-state index contributed by atoms with van der Waals surface area (Å²) in [5, 5.41) is 0. The number of rotatable bonds is 4. The van der Waals surface area contributed by atoms with E-state index in [0.717, 1.165) is 12.8 Å². The van der Waals surface area contributed by atoms with E-state index in [4.69, 9.17) is 11.3 Å². The molecule has 1 atom stereocenters. The number of hydrogen-bond donors (Lipinski definition) is 0. The van der Waals surface area contributed by atoms with Crippen molar-refractivity contribution in [2.75, 3.05) is 0 Å². The van der Waals surface area contributed by atoms with E-state index in [-0.39, 0.29) is 30.6 Å². The summed E-state index contributed by atoms with van der Waals surface area (Å²) >= 11 is 0. The molecule has 0 spiro atoms. The van der Waals surface area contributed by atoms with Crippen molar-refractivity contribution in [1.29, 1.82) is 0 Å². The predicted octanol–water partition coefficient (Wildman–Crippen LogP) is -0.0366. The van der Waals surface area contributed by atoms with Crippen LogP contribution >= 0.6 is 0 Å². The van der Waals surface area contributed by atoms with Crippen molar-refractivity contribution in [2.45, 2.75) is 52.2 Å². The minimum atomic E-state index is -0.0876. The first kappa shape index (κ1) is 14.8. The van der Waals surface area contributed by atoms with Crippen LogP contribution in [0.4, 0.5) is 0 Å². The van der Waals surface area contributed by atoms with E-state index in [1.54, 1.807) is 6.08 Å². The fourth-order valence-corrected chi connectivity index (χ4v) is 0.933. The summed E-state index contributed by atoms with van der Waals surface area (Å²) in [5.41, 5.74) is -0.0876. The SMILES string of the molecule is [CH-]=CC(CCC)OC(C)(C)C.[Li+]. The smallest absolute Gasteiger partial charge is 0.515 e. The van der Waals surface area contributed by atoms with Crippen LogP contribution in [0.15, 0.2) is 6.08 Å². The van der Waals surface area contributed by atoms with Gasteiger partial charge in [0, 0.05) is 6.10 Å². The van der Waals surface area contributed by atoms with Gasteiger partial charge in [-0.05, 0) is 27.2 Å². The summed E-state index contributed by atoms with van der Waals surface area (Å²) in [7, 11) is 0. The quantitative estimate of drug-likeness (QED) is 0.416. The Hall–Kier alpha value is 0.297. The van der Waals surface area contributed by atoms with Crippen LogP contribution < -0.4 is 18.9 Å². The Morgan fingerprint density at radius 1 is 1.42 bits per heavy atom. The third-order valence-electron chi connectivity index (χ3n) is 1.29. The molecule has 0 saturated heterocycles. The third-order valence-corrected chi connectivity index (χ3v) is 1.29. The maximum absolute atomic E-state index is 5.65. The van der Waals surface area contributed by atoms with Crippen LogP contribution in [0.5, 0.6) is 0 Å². The van der Waals surface area contributed by atoms with E-state index in [1.807, 2.05) is 20.8 Å². The van der Waals surface area contributed by atoms with E-state index in [9.17, 15) is 0 Å². The molecule has 0 bridgehead atoms. The molecular weight excluding hydrogens is 143 g/mol. The molecule has 2 heteroatoms. The minimum Gasteiger partial charge on any atom is -0.515 e. The van der Waals surface area contributed by atoms with Crippen molar-refractivity contribution >= 4 is 0 Å². The molecule has 0 N–H and O–H groups in total. The Labute approximate surface area is 88.7 Å². The largest absolute Gasteiger partial charge is 1.00 e. The van der Waals surface area contributed by atoms with Gasteiger partial charge in [0.1, 0.15) is 0 Å². The van der Waals surface area contributed by atoms with Gasteiger partial charge in [-0.15, -0.1) is 0 Å². The van der Waals surface area contributed by atoms with Crippen molar-refractivity contribution in [3.05, 3.63) is 12.7 Å². The number of ether oxygens (including phenoxy) is 1. The summed E-state index contributed by atoms with van der Waals surface area (Å²) < 4.78 is 5.65. The second-order valence-corrected chi connectivity index (χ2v) is 3.75. The van der Waals surface area contributed by atoms with Gasteiger partial charge < -0.3 is 11.3 Å². The molecule has 0 rings (SSSR count). The van der Waals surface area contributed by atoms with Crippen molar-refractivity contribution in [2.24, 2.45) is 0 Å². The van der Waals surface area contributed by atoms with Gasteiger partial charge in [-0.1, -0.05) is 13.3 Å². The molecule has 0 aromatic carbocycles. The zero-order valence-corrected chi connectivity index (χ0v) is 9.05. The van der Waals surface area contributed by atoms with Crippen LogP contribution in [0.3, 0.4) is 0 Å². The van der Waals surface area contributed by atoms with Crippen LogP contribution in [-0.2, 0) is 4.74 Å². The van der Waals surface area contributed by atoms with Gasteiger partial charge >= 0.3 is 18.9 Å². The summed E-state index contributed by atoms with van der Waals surface area (Å²) in [6, 6.07) is 0. The maximum atomic E-state index is 5.65. The van der Waals surface area contributed by atoms with Gasteiger partial charge in [-0.3, -0.25) is 0 Å². The van der Waals surface area contributed by atoms with E-state index in [2.05, 4.69) is 6.92 Å². The minimum absolute atomic E-state index is 0. The molecule has 66 valence electrons. The molecule has 1 nitrogen and oxygen atoms in total. The van der Waals surface area contributed by atoms with Crippen LogP contribution in [0.25, 0.3) is 0 Å². The number of hydrogen-bond acceptors (Lipinski definition) is 1. The van der Waals surface area contributed by atoms with E-state index >= 15 is 0 Å². The Morgan fingerprint density at radius 2 is 1.92 bits per heavy atom. The Morgan fingerprint density at radius 3 is 2.17 bits per heavy atom. The molecule has 0 amide bonds. The van der Waals surface area contributed by atoms with E-state index < -0.39 is 0 Å². The zero-order chi connectivity index (χ0) is 8.91. The topological polar surface area (TPSA) is 9.23 Å². The van der Waals surface area contributed by atoms with Crippen molar-refractivity contribution in [3.8, 4) is 0 Å². The second kappa shape index (κ2) is 6.77. The van der Waals surface area contributed by atoms with Gasteiger partial charge in [-0.25, -0.2) is 6.08 Å². The van der Waals surface area contributed by atoms with Crippen LogP contribution in [0, 0.1) is 6.58 Å². The Bertz CT molecular complexity index is 115. The first-order valence-electron chi connectivity index (χ1n) is 4.22. The molecule has 0 aliphatic carbocycles. The molecule has 1 unspecified atom stereocenters. The van der Waals surface area contributed by atoms with Crippen molar-refractivity contribution in [3.63, 3.8) is 0 Å². The van der Waals surface area contributed by atoms with Gasteiger partial charge in [0.05, 0.1) is 5.60 Å². The third kappa shape index (κ3) is 8.39. The Kier molecular flexibility index (Phi) is 8.36. The fourth-order valence-electron chi connectivity index (χ4n) is 0.933. The van der Waals surface area contributed by atoms with Gasteiger partial charge in [0.2, 0.25) is 0 Å². The normalized spacial score (nSPS) is 13.3. The Balaban J connectivity index is 0. The molecule has 0 fully saturated rings. The van der Waals surface area contributed by atoms with Crippen molar-refractivity contribution < 1.29 is 23.6 Å². The van der Waals surface area contributed by atoms with Crippen LogP contribution in [0.2, 0.25) is 0 Å². The molecule has 0 heterocycles. The maximum Gasteiger partial charge on any atom is 1.00 e. The summed E-state index contributed by atoms with van der Waals surface area (Å²) in [6.07, 6.45) is 3.86. The second-order valence-electron chi connectivity index (χ2n) is 3.75. The molecule has 0 saturated carbocycles. The molecule has 12 heavy (non-hydrogen) atoms. The average Bonchev–Trinajstić information content (AvgIpc) is 1.84.